The van der Waals surface area contributed by atoms with Crippen LogP contribution in [0.1, 0.15) is 5.69 Å². The van der Waals surface area contributed by atoms with Crippen LogP contribution in [0, 0.1) is 12.7 Å². The summed E-state index contributed by atoms with van der Waals surface area (Å²) in [6.45, 7) is 0.620. The molecule has 2 aromatic rings. The number of aryl methyl sites for hydroxylation is 1. The molecule has 0 unspecified atom stereocenters. The van der Waals surface area contributed by atoms with Crippen LogP contribution in [0.25, 0.3) is 0 Å². The lowest BCUT2D eigenvalue weighted by molar-refractivity contribution is -0.148. The number of amides is 3. The van der Waals surface area contributed by atoms with Gasteiger partial charge in [-0.05, 0) is 19.1 Å². The van der Waals surface area contributed by atoms with Crippen LogP contribution in [0.2, 0.25) is 0 Å². The summed E-state index contributed by atoms with van der Waals surface area (Å²) in [5, 5.41) is 5.64. The average molecular weight is 367 g/mol. The van der Waals surface area contributed by atoms with Crippen LogP contribution in [0.3, 0.4) is 0 Å². The maximum atomic E-state index is 13.4. The van der Waals surface area contributed by atoms with Gasteiger partial charge in [0.25, 0.3) is 5.91 Å². The molecule has 3 amide bonds. The van der Waals surface area contributed by atoms with Crippen molar-refractivity contribution in [2.75, 3.05) is 11.9 Å². The third kappa shape index (κ3) is 5.24. The van der Waals surface area contributed by atoms with E-state index in [0.717, 1.165) is 17.4 Å². The van der Waals surface area contributed by atoms with Crippen molar-refractivity contribution in [1.82, 2.24) is 9.88 Å². The van der Waals surface area contributed by atoms with Gasteiger partial charge >= 0.3 is 16.9 Å². The lowest BCUT2D eigenvalue weighted by Crippen LogP contribution is -2.37. The highest BCUT2D eigenvalue weighted by molar-refractivity contribution is 7.07. The van der Waals surface area contributed by atoms with E-state index in [4.69, 9.17) is 4.74 Å². The molecule has 0 radical (unpaired) electrons. The number of esters is 1. The molecule has 132 valence electrons. The lowest BCUT2D eigenvalue weighted by Gasteiger charge is -2.08. The van der Waals surface area contributed by atoms with E-state index in [0.29, 0.717) is 5.69 Å². The number of thiazole rings is 1. The van der Waals surface area contributed by atoms with Crippen LogP contribution in [0.5, 0.6) is 0 Å². The van der Waals surface area contributed by atoms with Crippen molar-refractivity contribution in [3.8, 4) is 0 Å². The maximum Gasteiger partial charge on any atom is 0.326 e. The van der Waals surface area contributed by atoms with Crippen molar-refractivity contribution in [2.24, 2.45) is 0 Å². The van der Waals surface area contributed by atoms with Gasteiger partial charge in [-0.1, -0.05) is 23.5 Å². The molecule has 1 aromatic heterocycles. The Labute approximate surface area is 145 Å². The summed E-state index contributed by atoms with van der Waals surface area (Å²) in [5.74, 6) is -2.35. The van der Waals surface area contributed by atoms with Crippen LogP contribution in [-0.4, -0.2) is 29.1 Å². The average Bonchev–Trinajstić information content (AvgIpc) is 2.87. The van der Waals surface area contributed by atoms with Gasteiger partial charge in [-0.2, -0.15) is 0 Å². The number of anilines is 1. The van der Waals surface area contributed by atoms with E-state index in [2.05, 4.69) is 5.32 Å². The molecule has 10 heteroatoms. The summed E-state index contributed by atoms with van der Waals surface area (Å²) in [5.41, 5.74) is 0.498. The Bertz CT molecular complexity index is 861. The third-order valence-corrected chi connectivity index (χ3v) is 3.88. The zero-order valence-corrected chi connectivity index (χ0v) is 13.9. The highest BCUT2D eigenvalue weighted by Crippen LogP contribution is 2.11. The van der Waals surface area contributed by atoms with Crippen LogP contribution >= 0.6 is 11.3 Å². The van der Waals surface area contributed by atoms with E-state index in [9.17, 15) is 23.6 Å². The van der Waals surface area contributed by atoms with E-state index >= 15 is 0 Å². The van der Waals surface area contributed by atoms with E-state index in [1.165, 1.54) is 22.8 Å². The Morgan fingerprint density at radius 2 is 2.00 bits per heavy atom. The molecule has 0 bridgehead atoms. The molecule has 0 aliphatic rings. The van der Waals surface area contributed by atoms with Gasteiger partial charge in [-0.3, -0.25) is 24.3 Å². The Morgan fingerprint density at radius 3 is 2.64 bits per heavy atom. The fourth-order valence-electron chi connectivity index (χ4n) is 1.80. The van der Waals surface area contributed by atoms with Crippen LogP contribution < -0.4 is 15.5 Å². The number of carbonyl (C=O) groups is 3. The minimum absolute atomic E-state index is 0.0999. The van der Waals surface area contributed by atoms with Gasteiger partial charge < -0.3 is 10.1 Å². The highest BCUT2D eigenvalue weighted by Gasteiger charge is 2.14. The van der Waals surface area contributed by atoms with Crippen molar-refractivity contribution in [1.29, 1.82) is 0 Å². The zero-order chi connectivity index (χ0) is 18.4. The Kier molecular flexibility index (Phi) is 6.01. The fraction of sp³-hybridized carbons (Fsp3) is 0.200. The predicted octanol–water partition coefficient (Wildman–Crippen LogP) is 1.25. The molecule has 0 spiro atoms. The number of benzene rings is 1. The minimum Gasteiger partial charge on any atom is -0.454 e. The number of nitrogens with zero attached hydrogens (tertiary/aromatic N) is 1. The molecule has 2 rings (SSSR count). The molecule has 1 heterocycles. The van der Waals surface area contributed by atoms with Crippen molar-refractivity contribution >= 4 is 34.9 Å². The number of ether oxygens (including phenoxy) is 1. The molecule has 0 saturated carbocycles. The number of hydrogen-bond donors (Lipinski definition) is 2. The molecule has 0 aliphatic carbocycles. The number of rotatable bonds is 5. The van der Waals surface area contributed by atoms with E-state index in [-0.39, 0.29) is 17.1 Å². The first-order valence-corrected chi connectivity index (χ1v) is 7.90. The second kappa shape index (κ2) is 8.20. The van der Waals surface area contributed by atoms with Gasteiger partial charge in [-0.25, -0.2) is 9.18 Å². The van der Waals surface area contributed by atoms with E-state index in [1.54, 1.807) is 12.3 Å². The predicted molar refractivity (Wildman–Crippen MR) is 87.8 cm³/mol. The second-order valence-electron chi connectivity index (χ2n) is 4.87. The zero-order valence-electron chi connectivity index (χ0n) is 13.1. The number of halogens is 1. The molecule has 0 fully saturated rings. The standard InChI is InChI=1S/C15H14FN3O5S/c1-9-8-25-15(23)19(9)6-13(21)24-7-12(20)18-14(22)17-11-5-3-2-4-10(11)16/h2-5,8H,6-7H2,1H3,(H2,17,18,20,22). The smallest absolute Gasteiger partial charge is 0.326 e. The number of urea groups is 1. The van der Waals surface area contributed by atoms with Gasteiger partial charge in [0.2, 0.25) is 0 Å². The van der Waals surface area contributed by atoms with Gasteiger partial charge in [0.1, 0.15) is 12.4 Å². The Morgan fingerprint density at radius 1 is 1.28 bits per heavy atom. The summed E-state index contributed by atoms with van der Waals surface area (Å²) in [4.78, 5) is 45.9. The Hall–Kier alpha value is -3.01. The first kappa shape index (κ1) is 18.3. The largest absolute Gasteiger partial charge is 0.454 e. The van der Waals surface area contributed by atoms with Crippen LogP contribution in [0.15, 0.2) is 34.4 Å². The van der Waals surface area contributed by atoms with Crippen LogP contribution in [-0.2, 0) is 20.9 Å². The van der Waals surface area contributed by atoms with Crippen molar-refractivity contribution in [3.63, 3.8) is 0 Å². The fourth-order valence-corrected chi connectivity index (χ4v) is 2.53. The third-order valence-electron chi connectivity index (χ3n) is 3.00. The quantitative estimate of drug-likeness (QED) is 0.774. The van der Waals surface area contributed by atoms with Gasteiger partial charge in [0.15, 0.2) is 6.61 Å². The van der Waals surface area contributed by atoms with Crippen molar-refractivity contribution in [3.05, 3.63) is 50.8 Å². The molecule has 0 saturated heterocycles. The summed E-state index contributed by atoms with van der Waals surface area (Å²) in [7, 11) is 0. The molecular formula is C15H14FN3O5S. The number of hydrogen-bond acceptors (Lipinski definition) is 6. The molecule has 25 heavy (non-hydrogen) atoms. The maximum absolute atomic E-state index is 13.4. The number of aromatic nitrogens is 1. The topological polar surface area (TPSA) is 106 Å². The van der Waals surface area contributed by atoms with Gasteiger partial charge in [0, 0.05) is 11.1 Å². The summed E-state index contributed by atoms with van der Waals surface area (Å²) in [6, 6.07) is 4.46. The number of nitrogens with one attached hydrogen (secondary N) is 2. The van der Waals surface area contributed by atoms with Crippen molar-refractivity contribution in [2.45, 2.75) is 13.5 Å². The van der Waals surface area contributed by atoms with Crippen molar-refractivity contribution < 1.29 is 23.5 Å². The first-order chi connectivity index (χ1) is 11.9. The highest BCUT2D eigenvalue weighted by atomic mass is 32.1. The molecule has 0 aliphatic heterocycles. The summed E-state index contributed by atoms with van der Waals surface area (Å²) in [6.07, 6.45) is 0. The van der Waals surface area contributed by atoms with Crippen LogP contribution in [0.4, 0.5) is 14.9 Å². The second-order valence-corrected chi connectivity index (χ2v) is 5.69. The first-order valence-electron chi connectivity index (χ1n) is 7.02. The molecule has 2 N–H and O–H groups in total. The lowest BCUT2D eigenvalue weighted by atomic mass is 10.3. The SMILES string of the molecule is Cc1csc(=O)n1CC(=O)OCC(=O)NC(=O)Nc1ccccc1F. The minimum atomic E-state index is -0.962. The normalized spacial score (nSPS) is 10.2. The number of imide groups is 1. The van der Waals surface area contributed by atoms with Gasteiger partial charge in [0.05, 0.1) is 5.69 Å². The van der Waals surface area contributed by atoms with E-state index in [1.807, 2.05) is 5.32 Å². The monoisotopic (exact) mass is 367 g/mol. The van der Waals surface area contributed by atoms with Gasteiger partial charge in [-0.15, -0.1) is 0 Å². The number of carbonyl (C=O) groups excluding carboxylic acids is 3. The summed E-state index contributed by atoms with van der Waals surface area (Å²) >= 11 is 0.945. The number of para-hydroxylation sites is 1. The molecule has 0 atom stereocenters. The molecular weight excluding hydrogens is 353 g/mol. The Balaban J connectivity index is 1.78. The molecule has 8 nitrogen and oxygen atoms in total. The molecule has 1 aromatic carbocycles. The summed E-state index contributed by atoms with van der Waals surface area (Å²) < 4.78 is 19.3. The van der Waals surface area contributed by atoms with E-state index < -0.39 is 30.3 Å².